The van der Waals surface area contributed by atoms with E-state index in [0.29, 0.717) is 17.2 Å². The molecular weight excluding hydrogens is 517 g/mol. The summed E-state index contributed by atoms with van der Waals surface area (Å²) >= 11 is 0. The van der Waals surface area contributed by atoms with Crippen LogP contribution in [-0.2, 0) is 6.61 Å². The second kappa shape index (κ2) is 11.1. The first kappa shape index (κ1) is 28.8. The number of rotatable bonds is 9. The lowest BCUT2D eigenvalue weighted by Crippen LogP contribution is -2.32. The van der Waals surface area contributed by atoms with Crippen LogP contribution in [0.15, 0.2) is 54.6 Å². The van der Waals surface area contributed by atoms with Crippen LogP contribution in [0.25, 0.3) is 16.7 Å². The number of benzene rings is 3. The zero-order chi connectivity index (χ0) is 28.5. The molecule has 0 aliphatic carbocycles. The topological polar surface area (TPSA) is 80.2 Å². The number of anilines is 1. The van der Waals surface area contributed by atoms with Crippen molar-refractivity contribution in [2.45, 2.75) is 53.7 Å². The van der Waals surface area contributed by atoms with E-state index in [9.17, 15) is 13.5 Å². The van der Waals surface area contributed by atoms with E-state index in [4.69, 9.17) is 13.7 Å². The highest BCUT2D eigenvalue weighted by atomic mass is 32.3. The number of nitrogens with one attached hydrogen (secondary N) is 1. The first-order chi connectivity index (χ1) is 18.3. The van der Waals surface area contributed by atoms with Gasteiger partial charge in [-0.25, -0.2) is 4.39 Å². The average molecular weight is 556 g/mol. The van der Waals surface area contributed by atoms with E-state index in [0.717, 1.165) is 39.1 Å². The molecule has 0 radical (unpaired) electrons. The fourth-order valence-corrected chi connectivity index (χ4v) is 6.40. The van der Waals surface area contributed by atoms with Gasteiger partial charge in [0.1, 0.15) is 40.5 Å². The fraction of sp³-hybridized carbons (Fsp3) is 0.355. The van der Waals surface area contributed by atoms with Gasteiger partial charge in [-0.05, 0) is 74.6 Å². The van der Waals surface area contributed by atoms with Crippen molar-refractivity contribution in [3.05, 3.63) is 77.1 Å². The van der Waals surface area contributed by atoms with Crippen LogP contribution in [-0.4, -0.2) is 27.5 Å². The molecule has 0 unspecified atom stereocenters. The van der Waals surface area contributed by atoms with E-state index >= 15 is 0 Å². The smallest absolute Gasteiger partial charge is 0.144 e. The van der Waals surface area contributed by atoms with Crippen LogP contribution >= 0.6 is 10.9 Å². The molecule has 3 N–H and O–H groups in total. The van der Waals surface area contributed by atoms with E-state index in [-0.39, 0.29) is 29.6 Å². The first-order valence-corrected chi connectivity index (χ1v) is 14.6. The first-order valence-electron chi connectivity index (χ1n) is 12.9. The molecule has 0 aromatic heterocycles. The van der Waals surface area contributed by atoms with Crippen LogP contribution in [0, 0.1) is 18.7 Å². The third-order valence-electron chi connectivity index (χ3n) is 6.51. The van der Waals surface area contributed by atoms with Gasteiger partial charge in [-0.15, -0.1) is 0 Å². The molecule has 210 valence electrons. The van der Waals surface area contributed by atoms with Gasteiger partial charge in [0.2, 0.25) is 0 Å². The van der Waals surface area contributed by atoms with Crippen LogP contribution in [0.2, 0.25) is 0 Å². The van der Waals surface area contributed by atoms with Crippen molar-refractivity contribution in [3.63, 3.8) is 0 Å². The number of halogens is 1. The van der Waals surface area contributed by atoms with Gasteiger partial charge < -0.3 is 19.0 Å². The van der Waals surface area contributed by atoms with Crippen LogP contribution in [0.1, 0.15) is 51.3 Å². The van der Waals surface area contributed by atoms with Gasteiger partial charge in [0.15, 0.2) is 0 Å². The zero-order valence-corrected chi connectivity index (χ0v) is 24.4. The summed E-state index contributed by atoms with van der Waals surface area (Å²) in [5.74, 6) is 1.15. The highest BCUT2D eigenvalue weighted by molar-refractivity contribution is 8.20. The van der Waals surface area contributed by atoms with E-state index in [1.54, 1.807) is 25.3 Å². The molecule has 8 heteroatoms. The van der Waals surface area contributed by atoms with E-state index in [1.165, 1.54) is 12.1 Å². The number of allylic oxidation sites excluding steroid dienone is 1. The molecule has 0 bridgehead atoms. The zero-order valence-electron chi connectivity index (χ0n) is 23.6. The predicted molar refractivity (Wildman–Crippen MR) is 158 cm³/mol. The Labute approximate surface area is 232 Å². The maximum atomic E-state index is 14.0. The second-order valence-electron chi connectivity index (χ2n) is 11.0. The number of hydrogen-bond acceptors (Lipinski definition) is 6. The minimum absolute atomic E-state index is 0.0610. The Hall–Kier alpha value is -3.20. The van der Waals surface area contributed by atoms with Crippen molar-refractivity contribution in [1.82, 2.24) is 0 Å². The summed E-state index contributed by atoms with van der Waals surface area (Å²) in [6, 6.07) is 13.8. The Morgan fingerprint density at radius 1 is 0.974 bits per heavy atom. The Morgan fingerprint density at radius 2 is 1.69 bits per heavy atom. The molecule has 0 saturated carbocycles. The molecular formula is C31H38FNO5S. The number of hydrogen-bond donors (Lipinski definition) is 3. The SMILES string of the molecule is COc1cc(OS(O)(O)CC(C)C)ccc1-c1ccc2c(c1COc1cc(F)ccc1C)C(C)=CC(C)(C)N2. The molecule has 1 heterocycles. The van der Waals surface area contributed by atoms with Gasteiger partial charge in [0.05, 0.1) is 18.4 Å². The summed E-state index contributed by atoms with van der Waals surface area (Å²) in [6.45, 7) is 12.2. The lowest BCUT2D eigenvalue weighted by Gasteiger charge is -2.33. The Balaban J connectivity index is 1.80. The van der Waals surface area contributed by atoms with E-state index < -0.39 is 10.9 Å². The maximum Gasteiger partial charge on any atom is 0.144 e. The standard InChI is InChI=1S/C31H38FNO5S/c1-19(2)18-39(34,35)38-23-10-11-25(29(15-23)36-7)24-12-13-27-30(21(4)16-31(5,6)33-27)26(24)17-37-28-14-22(32)9-8-20(28)3/h8-16,19,33-35H,17-18H2,1-7H3. The fourth-order valence-electron chi connectivity index (χ4n) is 5.05. The molecule has 1 aliphatic heterocycles. The van der Waals surface area contributed by atoms with Gasteiger partial charge >= 0.3 is 0 Å². The van der Waals surface area contributed by atoms with Crippen LogP contribution in [0.3, 0.4) is 0 Å². The molecule has 0 amide bonds. The number of aryl methyl sites for hydroxylation is 1. The molecule has 1 aliphatic rings. The molecule has 0 fully saturated rings. The molecule has 4 rings (SSSR count). The summed E-state index contributed by atoms with van der Waals surface area (Å²) in [5, 5.41) is 3.59. The second-order valence-corrected chi connectivity index (χ2v) is 12.7. The molecule has 0 saturated heterocycles. The minimum Gasteiger partial charge on any atom is -0.496 e. The van der Waals surface area contributed by atoms with Gasteiger partial charge in [0, 0.05) is 34.5 Å². The van der Waals surface area contributed by atoms with E-state index in [1.807, 2.05) is 39.0 Å². The van der Waals surface area contributed by atoms with Crippen molar-refractivity contribution in [2.24, 2.45) is 5.92 Å². The lowest BCUT2D eigenvalue weighted by atomic mass is 9.85. The largest absolute Gasteiger partial charge is 0.496 e. The summed E-state index contributed by atoms with van der Waals surface area (Å²) in [7, 11) is -1.68. The van der Waals surface area contributed by atoms with Crippen molar-refractivity contribution >= 4 is 22.1 Å². The van der Waals surface area contributed by atoms with Crippen molar-refractivity contribution in [3.8, 4) is 28.4 Å². The van der Waals surface area contributed by atoms with Gasteiger partial charge in [0.25, 0.3) is 0 Å². The molecule has 0 atom stereocenters. The minimum atomic E-state index is -3.24. The van der Waals surface area contributed by atoms with Gasteiger partial charge in [-0.1, -0.05) is 32.1 Å². The van der Waals surface area contributed by atoms with Crippen molar-refractivity contribution in [2.75, 3.05) is 18.2 Å². The van der Waals surface area contributed by atoms with Crippen molar-refractivity contribution in [1.29, 1.82) is 0 Å². The quantitative estimate of drug-likeness (QED) is 0.245. The average Bonchev–Trinajstić information content (AvgIpc) is 2.82. The number of fused-ring (bicyclic) bond motifs is 1. The third-order valence-corrected chi connectivity index (χ3v) is 8.07. The maximum absolute atomic E-state index is 14.0. The molecule has 3 aromatic rings. The molecule has 6 nitrogen and oxygen atoms in total. The summed E-state index contributed by atoms with van der Waals surface area (Å²) in [6.07, 6.45) is 2.18. The summed E-state index contributed by atoms with van der Waals surface area (Å²) in [4.78, 5) is 0. The molecule has 3 aromatic carbocycles. The number of ether oxygens (including phenoxy) is 2. The third kappa shape index (κ3) is 6.69. The molecule has 39 heavy (non-hydrogen) atoms. The van der Waals surface area contributed by atoms with E-state index in [2.05, 4.69) is 32.2 Å². The highest BCUT2D eigenvalue weighted by Gasteiger charge is 2.28. The normalized spacial score (nSPS) is 14.8. The van der Waals surface area contributed by atoms with Gasteiger partial charge in [-0.3, -0.25) is 9.11 Å². The predicted octanol–water partition coefficient (Wildman–Crippen LogP) is 8.70. The Kier molecular flexibility index (Phi) is 8.21. The Bertz CT molecular complexity index is 1400. The summed E-state index contributed by atoms with van der Waals surface area (Å²) in [5.41, 5.74) is 6.33. The highest BCUT2D eigenvalue weighted by Crippen LogP contribution is 2.46. The summed E-state index contributed by atoms with van der Waals surface area (Å²) < 4.78 is 52.3. The van der Waals surface area contributed by atoms with Crippen molar-refractivity contribution < 1.29 is 27.2 Å². The Morgan fingerprint density at radius 3 is 2.38 bits per heavy atom. The van der Waals surface area contributed by atoms with Crippen LogP contribution in [0.4, 0.5) is 10.1 Å². The molecule has 0 spiro atoms. The number of methoxy groups -OCH3 is 1. The monoisotopic (exact) mass is 555 g/mol. The van der Waals surface area contributed by atoms with Gasteiger partial charge in [-0.2, -0.15) is 0 Å². The van der Waals surface area contributed by atoms with Crippen LogP contribution < -0.4 is 19.0 Å². The lowest BCUT2D eigenvalue weighted by molar-refractivity contribution is 0.302. The van der Waals surface area contributed by atoms with Crippen LogP contribution in [0.5, 0.6) is 17.2 Å².